The molecule has 0 aliphatic heterocycles. The third-order valence-corrected chi connectivity index (χ3v) is 11.2. The molecule has 2 aromatic heterocycles. The lowest BCUT2D eigenvalue weighted by Crippen LogP contribution is -2.09. The molecular formula is C50H34N2OS. The smallest absolute Gasteiger partial charge is 0.154 e. The molecule has 0 atom stereocenters. The first-order valence-electron chi connectivity index (χ1n) is 18.2. The fourth-order valence-electron chi connectivity index (χ4n) is 7.42. The first kappa shape index (κ1) is 31.8. The Morgan fingerprint density at radius 3 is 1.15 bits per heavy atom. The topological polar surface area (TPSA) is 19.6 Å². The molecule has 4 heteroatoms. The molecular weight excluding hydrogens is 677 g/mol. The highest BCUT2D eigenvalue weighted by Crippen LogP contribution is 2.44. The summed E-state index contributed by atoms with van der Waals surface area (Å²) in [6, 6.07) is 73.0. The van der Waals surface area contributed by atoms with E-state index in [9.17, 15) is 0 Å². The molecule has 0 saturated heterocycles. The molecule has 10 aromatic rings. The van der Waals surface area contributed by atoms with Crippen LogP contribution in [0, 0.1) is 0 Å². The van der Waals surface area contributed by atoms with E-state index in [2.05, 4.69) is 216 Å². The van der Waals surface area contributed by atoms with Crippen molar-refractivity contribution in [1.29, 1.82) is 0 Å². The van der Waals surface area contributed by atoms with E-state index in [4.69, 9.17) is 4.42 Å². The van der Waals surface area contributed by atoms with E-state index in [0.29, 0.717) is 0 Å². The van der Waals surface area contributed by atoms with Crippen molar-refractivity contribution in [2.24, 2.45) is 0 Å². The molecule has 0 aliphatic carbocycles. The van der Waals surface area contributed by atoms with Gasteiger partial charge in [0.1, 0.15) is 5.58 Å². The molecule has 0 saturated carbocycles. The summed E-state index contributed by atoms with van der Waals surface area (Å²) >= 11 is 1.80. The number of benzene rings is 8. The molecule has 54 heavy (non-hydrogen) atoms. The molecule has 0 N–H and O–H groups in total. The van der Waals surface area contributed by atoms with Crippen LogP contribution in [0.25, 0.3) is 53.6 Å². The Balaban J connectivity index is 0.939. The predicted octanol–water partition coefficient (Wildman–Crippen LogP) is 15.1. The van der Waals surface area contributed by atoms with Crippen molar-refractivity contribution in [2.75, 3.05) is 9.80 Å². The SMILES string of the molecule is c1ccc(N(c2ccccc2)c2ccc(-c3ccc4c(c3)oc3c5ccc(-c6ccc(N(c7ccccc7)c7ccccc7)cc6)cc5sc43)cc2)cc1. The minimum Gasteiger partial charge on any atom is -0.454 e. The molecule has 0 spiro atoms. The van der Waals surface area contributed by atoms with E-state index in [0.717, 1.165) is 67.2 Å². The Kier molecular flexibility index (Phi) is 8.01. The van der Waals surface area contributed by atoms with Crippen LogP contribution >= 0.6 is 11.3 Å². The maximum absolute atomic E-state index is 6.61. The zero-order valence-corrected chi connectivity index (χ0v) is 30.2. The van der Waals surface area contributed by atoms with E-state index in [1.54, 1.807) is 11.3 Å². The van der Waals surface area contributed by atoms with Gasteiger partial charge in [0.2, 0.25) is 0 Å². The van der Waals surface area contributed by atoms with Crippen molar-refractivity contribution >= 4 is 76.8 Å². The molecule has 3 nitrogen and oxygen atoms in total. The summed E-state index contributed by atoms with van der Waals surface area (Å²) in [5.41, 5.74) is 13.3. The molecule has 0 fully saturated rings. The highest BCUT2D eigenvalue weighted by Gasteiger charge is 2.17. The molecule has 0 bridgehead atoms. The van der Waals surface area contributed by atoms with Gasteiger partial charge in [0.15, 0.2) is 5.58 Å². The highest BCUT2D eigenvalue weighted by molar-refractivity contribution is 7.26. The average Bonchev–Trinajstić information content (AvgIpc) is 3.78. The van der Waals surface area contributed by atoms with Gasteiger partial charge in [0.25, 0.3) is 0 Å². The number of thiophene rings is 1. The fourth-order valence-corrected chi connectivity index (χ4v) is 8.62. The van der Waals surface area contributed by atoms with Crippen LogP contribution in [0.5, 0.6) is 0 Å². The van der Waals surface area contributed by atoms with Crippen molar-refractivity contribution in [2.45, 2.75) is 0 Å². The largest absolute Gasteiger partial charge is 0.454 e. The quantitative estimate of drug-likeness (QED) is 0.157. The van der Waals surface area contributed by atoms with Crippen LogP contribution in [0.3, 0.4) is 0 Å². The van der Waals surface area contributed by atoms with E-state index < -0.39 is 0 Å². The number of nitrogens with zero attached hydrogens (tertiary/aromatic N) is 2. The summed E-state index contributed by atoms with van der Waals surface area (Å²) in [4.78, 5) is 4.57. The Bertz CT molecular complexity index is 2570. The summed E-state index contributed by atoms with van der Waals surface area (Å²) < 4.78 is 9.03. The minimum atomic E-state index is 0.913. The van der Waals surface area contributed by atoms with Crippen molar-refractivity contribution in [3.63, 3.8) is 0 Å². The third-order valence-electron chi connectivity index (χ3n) is 10.1. The zero-order chi connectivity index (χ0) is 35.8. The van der Waals surface area contributed by atoms with Crippen LogP contribution in [-0.2, 0) is 0 Å². The number of anilines is 6. The molecule has 0 aliphatic rings. The Labute approximate surface area is 318 Å². The van der Waals surface area contributed by atoms with Gasteiger partial charge in [-0.05, 0) is 119 Å². The second-order valence-electron chi connectivity index (χ2n) is 13.4. The summed E-state index contributed by atoms with van der Waals surface area (Å²) in [6.07, 6.45) is 0. The Hall–Kier alpha value is -6.88. The maximum Gasteiger partial charge on any atom is 0.154 e. The van der Waals surface area contributed by atoms with Gasteiger partial charge < -0.3 is 14.2 Å². The third kappa shape index (κ3) is 5.79. The Morgan fingerprint density at radius 2 is 0.704 bits per heavy atom. The van der Waals surface area contributed by atoms with Gasteiger partial charge in [-0.25, -0.2) is 0 Å². The second kappa shape index (κ2) is 13.6. The van der Waals surface area contributed by atoms with Crippen molar-refractivity contribution < 1.29 is 4.42 Å². The molecule has 0 radical (unpaired) electrons. The van der Waals surface area contributed by atoms with Gasteiger partial charge in [-0.1, -0.05) is 109 Å². The summed E-state index contributed by atoms with van der Waals surface area (Å²) in [5.74, 6) is 0. The molecule has 256 valence electrons. The van der Waals surface area contributed by atoms with Gasteiger partial charge >= 0.3 is 0 Å². The summed E-state index contributed by atoms with van der Waals surface area (Å²) in [6.45, 7) is 0. The number of fused-ring (bicyclic) bond motifs is 5. The van der Waals surface area contributed by atoms with Crippen molar-refractivity contribution in [3.05, 3.63) is 206 Å². The number of hydrogen-bond donors (Lipinski definition) is 0. The number of para-hydroxylation sites is 4. The van der Waals surface area contributed by atoms with Crippen molar-refractivity contribution in [1.82, 2.24) is 0 Å². The normalized spacial score (nSPS) is 11.3. The highest BCUT2D eigenvalue weighted by atomic mass is 32.1. The van der Waals surface area contributed by atoms with Crippen LogP contribution in [0.2, 0.25) is 0 Å². The monoisotopic (exact) mass is 710 g/mol. The molecule has 2 heterocycles. The van der Waals surface area contributed by atoms with Crippen LogP contribution in [0.1, 0.15) is 0 Å². The van der Waals surface area contributed by atoms with Crippen LogP contribution in [0.4, 0.5) is 34.1 Å². The predicted molar refractivity (Wildman–Crippen MR) is 229 cm³/mol. The van der Waals surface area contributed by atoms with E-state index >= 15 is 0 Å². The van der Waals surface area contributed by atoms with E-state index in [1.807, 2.05) is 0 Å². The van der Waals surface area contributed by atoms with Crippen LogP contribution in [0.15, 0.2) is 211 Å². The van der Waals surface area contributed by atoms with Crippen LogP contribution < -0.4 is 9.80 Å². The van der Waals surface area contributed by atoms with Gasteiger partial charge in [-0.3, -0.25) is 0 Å². The fraction of sp³-hybridized carbons (Fsp3) is 0. The Morgan fingerprint density at radius 1 is 0.333 bits per heavy atom. The van der Waals surface area contributed by atoms with Crippen molar-refractivity contribution in [3.8, 4) is 22.3 Å². The number of hydrogen-bond acceptors (Lipinski definition) is 4. The first-order chi connectivity index (χ1) is 26.8. The maximum atomic E-state index is 6.61. The molecule has 10 rings (SSSR count). The first-order valence-corrected chi connectivity index (χ1v) is 19.0. The number of furan rings is 1. The molecule has 8 aromatic carbocycles. The average molecular weight is 711 g/mol. The lowest BCUT2D eigenvalue weighted by molar-refractivity contribution is 0.673. The van der Waals surface area contributed by atoms with Gasteiger partial charge in [0, 0.05) is 49.6 Å². The summed E-state index contributed by atoms with van der Waals surface area (Å²) in [5, 5.41) is 2.30. The lowest BCUT2D eigenvalue weighted by atomic mass is 10.0. The number of rotatable bonds is 8. The molecule has 0 amide bonds. The van der Waals surface area contributed by atoms with Gasteiger partial charge in [-0.15, -0.1) is 11.3 Å². The van der Waals surface area contributed by atoms with E-state index in [-0.39, 0.29) is 0 Å². The van der Waals surface area contributed by atoms with E-state index in [1.165, 1.54) is 20.5 Å². The molecule has 0 unspecified atom stereocenters. The minimum absolute atomic E-state index is 0.913. The zero-order valence-electron chi connectivity index (χ0n) is 29.3. The standard InChI is InChI=1S/C50H34N2OS/c1-5-13-39(14-6-1)51(40-15-7-2-8-16-40)43-27-21-35(22-28-43)37-25-31-45-47(33-37)53-49-46-32-26-38(34-48(46)54-50(45)49)36-23-29-44(30-24-36)52(41-17-9-3-10-18-41)42-19-11-4-12-20-42/h1-34H. The van der Waals surface area contributed by atoms with Crippen LogP contribution in [-0.4, -0.2) is 0 Å². The second-order valence-corrected chi connectivity index (χ2v) is 14.4. The van der Waals surface area contributed by atoms with Gasteiger partial charge in [0.05, 0.1) is 4.70 Å². The summed E-state index contributed by atoms with van der Waals surface area (Å²) in [7, 11) is 0. The van der Waals surface area contributed by atoms with Gasteiger partial charge in [-0.2, -0.15) is 0 Å². The lowest BCUT2D eigenvalue weighted by Gasteiger charge is -2.25.